The molecule has 0 radical (unpaired) electrons. The first-order chi connectivity index (χ1) is 18.0. The first-order valence-electron chi connectivity index (χ1n) is 15.0. The fourth-order valence-corrected chi connectivity index (χ4v) is 5.64. The van der Waals surface area contributed by atoms with Crippen molar-refractivity contribution in [2.24, 2.45) is 11.8 Å². The maximum absolute atomic E-state index is 9.88. The van der Waals surface area contributed by atoms with Gasteiger partial charge in [0, 0.05) is 20.6 Å². The van der Waals surface area contributed by atoms with Gasteiger partial charge < -0.3 is 29.2 Å². The van der Waals surface area contributed by atoms with Gasteiger partial charge >= 0.3 is 0 Å². The van der Waals surface area contributed by atoms with Crippen LogP contribution in [0.25, 0.3) is 0 Å². The third kappa shape index (κ3) is 14.6. The van der Waals surface area contributed by atoms with Crippen molar-refractivity contribution in [1.29, 1.82) is 0 Å². The van der Waals surface area contributed by atoms with Gasteiger partial charge in [0.1, 0.15) is 0 Å². The van der Waals surface area contributed by atoms with Crippen LogP contribution in [0.15, 0.2) is 25.3 Å². The molecule has 4 atom stereocenters. The summed E-state index contributed by atoms with van der Waals surface area (Å²) in [5.41, 5.74) is 0. The number of rotatable bonds is 10. The molecule has 0 amide bonds. The van der Waals surface area contributed by atoms with Crippen molar-refractivity contribution < 1.29 is 29.2 Å². The van der Waals surface area contributed by atoms with Crippen molar-refractivity contribution in [3.05, 3.63) is 25.3 Å². The molecule has 0 bridgehead atoms. The van der Waals surface area contributed by atoms with E-state index in [9.17, 15) is 10.2 Å². The highest BCUT2D eigenvalue weighted by Gasteiger charge is 2.38. The van der Waals surface area contributed by atoms with Crippen molar-refractivity contribution in [2.45, 2.75) is 154 Å². The molecule has 0 aromatic heterocycles. The molecular formula is C32H60O6. The lowest BCUT2D eigenvalue weighted by atomic mass is 9.82. The Labute approximate surface area is 234 Å². The van der Waals surface area contributed by atoms with Gasteiger partial charge in [-0.05, 0) is 84.5 Å². The second-order valence-corrected chi connectivity index (χ2v) is 12.1. The zero-order valence-electron chi connectivity index (χ0n) is 25.5. The van der Waals surface area contributed by atoms with Crippen LogP contribution in [0.4, 0.5) is 0 Å². The van der Waals surface area contributed by atoms with Gasteiger partial charge in [-0.3, -0.25) is 0 Å². The lowest BCUT2D eigenvalue weighted by molar-refractivity contribution is -0.308. The molecule has 3 aliphatic rings. The Morgan fingerprint density at radius 1 is 0.895 bits per heavy atom. The van der Waals surface area contributed by atoms with Gasteiger partial charge in [-0.2, -0.15) is 0 Å². The van der Waals surface area contributed by atoms with E-state index in [1.54, 1.807) is 20.3 Å². The van der Waals surface area contributed by atoms with Gasteiger partial charge in [0.15, 0.2) is 11.6 Å². The van der Waals surface area contributed by atoms with Crippen LogP contribution in [0.5, 0.6) is 0 Å². The van der Waals surface area contributed by atoms with Crippen molar-refractivity contribution in [3.8, 4) is 0 Å². The van der Waals surface area contributed by atoms with Gasteiger partial charge in [-0.15, -0.1) is 13.2 Å². The molecule has 0 aromatic rings. The quantitative estimate of drug-likeness (QED) is 0.223. The summed E-state index contributed by atoms with van der Waals surface area (Å²) in [6, 6.07) is 0. The van der Waals surface area contributed by atoms with E-state index in [0.717, 1.165) is 31.6 Å². The summed E-state index contributed by atoms with van der Waals surface area (Å²) in [5.74, 6) is 0.330. The Kier molecular flexibility index (Phi) is 17.2. The van der Waals surface area contributed by atoms with E-state index in [1.807, 2.05) is 33.8 Å². The molecule has 1 heterocycles. The number of methoxy groups -OCH3 is 2. The molecule has 224 valence electrons. The van der Waals surface area contributed by atoms with Crippen LogP contribution >= 0.6 is 0 Å². The minimum absolute atomic E-state index is 0.295. The van der Waals surface area contributed by atoms with E-state index in [2.05, 4.69) is 13.2 Å². The monoisotopic (exact) mass is 540 g/mol. The van der Waals surface area contributed by atoms with Crippen molar-refractivity contribution >= 4 is 0 Å². The summed E-state index contributed by atoms with van der Waals surface area (Å²) >= 11 is 0. The normalized spacial score (nSPS) is 26.1. The Balaban J connectivity index is 0.000000310. The fraction of sp³-hybridized carbons (Fsp3) is 0.875. The molecule has 1 aliphatic heterocycles. The molecule has 1 saturated heterocycles. The summed E-state index contributed by atoms with van der Waals surface area (Å²) < 4.78 is 21.8. The molecule has 2 aliphatic carbocycles. The van der Waals surface area contributed by atoms with Gasteiger partial charge in [-0.25, -0.2) is 0 Å². The van der Waals surface area contributed by atoms with Crippen LogP contribution in [0, 0.1) is 11.8 Å². The molecule has 3 rings (SSSR count). The van der Waals surface area contributed by atoms with Crippen LogP contribution in [0.3, 0.4) is 0 Å². The minimum atomic E-state index is -0.423. The first-order valence-corrected chi connectivity index (χ1v) is 15.0. The number of hydrogen-bond donors (Lipinski definition) is 2. The molecule has 0 spiro atoms. The molecule has 3 fully saturated rings. The van der Waals surface area contributed by atoms with Gasteiger partial charge in [0.05, 0.1) is 24.4 Å². The lowest BCUT2D eigenvalue weighted by Gasteiger charge is -2.44. The summed E-state index contributed by atoms with van der Waals surface area (Å²) in [6.45, 7) is 15.2. The molecular weight excluding hydrogens is 480 g/mol. The van der Waals surface area contributed by atoms with Crippen molar-refractivity contribution in [2.75, 3.05) is 14.2 Å². The van der Waals surface area contributed by atoms with Crippen LogP contribution in [0.2, 0.25) is 0 Å². The van der Waals surface area contributed by atoms with Crippen LogP contribution in [0.1, 0.15) is 118 Å². The summed E-state index contributed by atoms with van der Waals surface area (Å²) in [5, 5.41) is 19.4. The molecule has 0 aromatic carbocycles. The largest absolute Gasteiger partial charge is 0.393 e. The van der Waals surface area contributed by atoms with Gasteiger partial charge in [0.25, 0.3) is 0 Å². The van der Waals surface area contributed by atoms with Crippen LogP contribution in [-0.2, 0) is 18.9 Å². The average Bonchev–Trinajstić information content (AvgIpc) is 2.90. The third-order valence-electron chi connectivity index (χ3n) is 8.12. The maximum Gasteiger partial charge on any atom is 0.163 e. The summed E-state index contributed by atoms with van der Waals surface area (Å²) in [7, 11) is 3.23. The second kappa shape index (κ2) is 18.6. The van der Waals surface area contributed by atoms with E-state index < -0.39 is 17.7 Å². The predicted molar refractivity (Wildman–Crippen MR) is 156 cm³/mol. The SMILES string of the molecule is C=CC[C@H](O)C[C@H](O)C1CCCCC1.C=CC[C@H]1C[C@@H](C2CCCCC2)OC(C)(C)O1.COC(C)(C)OC. The topological polar surface area (TPSA) is 77.4 Å². The van der Waals surface area contributed by atoms with Crippen LogP contribution in [-0.4, -0.2) is 60.4 Å². The number of aliphatic hydroxyl groups excluding tert-OH is 2. The number of aliphatic hydroxyl groups is 2. The highest BCUT2D eigenvalue weighted by molar-refractivity contribution is 4.86. The van der Waals surface area contributed by atoms with Gasteiger partial charge in [0.2, 0.25) is 0 Å². The van der Waals surface area contributed by atoms with Crippen LogP contribution < -0.4 is 0 Å². The molecule has 38 heavy (non-hydrogen) atoms. The zero-order valence-corrected chi connectivity index (χ0v) is 25.5. The number of ether oxygens (including phenoxy) is 4. The number of hydrogen-bond acceptors (Lipinski definition) is 6. The van der Waals surface area contributed by atoms with Crippen molar-refractivity contribution in [3.63, 3.8) is 0 Å². The highest BCUT2D eigenvalue weighted by Crippen LogP contribution is 2.37. The Morgan fingerprint density at radius 3 is 1.92 bits per heavy atom. The zero-order chi connectivity index (χ0) is 28.6. The lowest BCUT2D eigenvalue weighted by Crippen LogP contribution is -2.47. The van der Waals surface area contributed by atoms with E-state index >= 15 is 0 Å². The molecule has 6 heteroatoms. The maximum atomic E-state index is 9.88. The minimum Gasteiger partial charge on any atom is -0.393 e. The van der Waals surface area contributed by atoms with Crippen molar-refractivity contribution in [1.82, 2.24) is 0 Å². The average molecular weight is 541 g/mol. The predicted octanol–water partition coefficient (Wildman–Crippen LogP) is 7.32. The Hall–Kier alpha value is -0.760. The Bertz CT molecular complexity index is 615. The van der Waals surface area contributed by atoms with E-state index in [4.69, 9.17) is 18.9 Å². The Morgan fingerprint density at radius 2 is 1.45 bits per heavy atom. The summed E-state index contributed by atoms with van der Waals surface area (Å²) in [6.07, 6.45) is 19.6. The highest BCUT2D eigenvalue weighted by atomic mass is 16.7. The smallest absolute Gasteiger partial charge is 0.163 e. The first kappa shape index (κ1) is 35.3. The van der Waals surface area contributed by atoms with Gasteiger partial charge in [-0.1, -0.05) is 50.7 Å². The standard InChI is InChI=1S/C15H26O2.C12H22O2.C5H12O2/c1-4-8-13-11-14(17-15(2,3)16-13)12-9-6-5-7-10-12;1-2-6-11(13)9-12(14)10-7-4-3-5-8-10;1-5(2,6-3)7-4/h4,12-14H,1,5-11H2,2-3H3;2,10-14H,1,3-9H2;1-4H3/t13-,14-;11-,12-;/m00./s1. The van der Waals surface area contributed by atoms with E-state index in [1.165, 1.54) is 51.4 Å². The molecule has 0 unspecified atom stereocenters. The second-order valence-electron chi connectivity index (χ2n) is 12.1. The fourth-order valence-electron chi connectivity index (χ4n) is 5.64. The molecule has 2 saturated carbocycles. The molecule has 2 N–H and O–H groups in total. The third-order valence-corrected chi connectivity index (χ3v) is 8.12. The van der Waals surface area contributed by atoms with E-state index in [-0.39, 0.29) is 6.10 Å². The summed E-state index contributed by atoms with van der Waals surface area (Å²) in [4.78, 5) is 0. The molecule has 6 nitrogen and oxygen atoms in total. The van der Waals surface area contributed by atoms with E-state index in [0.29, 0.717) is 31.0 Å².